The molecule has 5 heteroatoms. The molecule has 1 aromatic heterocycles. The highest BCUT2D eigenvalue weighted by Gasteiger charge is 2.33. The van der Waals surface area contributed by atoms with Crippen LogP contribution < -0.4 is 5.73 Å². The molecule has 1 aromatic rings. The Morgan fingerprint density at radius 2 is 2.17 bits per heavy atom. The van der Waals surface area contributed by atoms with Crippen LogP contribution in [0.4, 0.5) is 0 Å². The summed E-state index contributed by atoms with van der Waals surface area (Å²) < 4.78 is 7.99. The topological polar surface area (TPSA) is 66.0 Å². The van der Waals surface area contributed by atoms with Crippen molar-refractivity contribution in [1.29, 1.82) is 0 Å². The summed E-state index contributed by atoms with van der Waals surface area (Å²) in [5, 5.41) is 4.24. The third-order valence-electron chi connectivity index (χ3n) is 3.63. The molecule has 0 amide bonds. The lowest BCUT2D eigenvalue weighted by molar-refractivity contribution is -0.0489. The van der Waals surface area contributed by atoms with Crippen LogP contribution in [0.2, 0.25) is 0 Å². The van der Waals surface area contributed by atoms with E-state index in [1.165, 1.54) is 12.8 Å². The average molecular weight is 252 g/mol. The fourth-order valence-corrected chi connectivity index (χ4v) is 2.54. The highest BCUT2D eigenvalue weighted by atomic mass is 16.5. The molecule has 1 heterocycles. The maximum atomic E-state index is 6.06. The number of nitrogens with two attached hydrogens (primary N) is 1. The van der Waals surface area contributed by atoms with E-state index in [4.69, 9.17) is 10.5 Å². The minimum absolute atomic E-state index is 0.116. The van der Waals surface area contributed by atoms with Crippen LogP contribution in [-0.4, -0.2) is 26.9 Å². The van der Waals surface area contributed by atoms with Gasteiger partial charge in [-0.3, -0.25) is 0 Å². The standard InChI is InChI=1S/C13H24N4O/c1-11(2)7-17-12(15-10-16-17)8-18-13(9-14)5-3-4-6-13/h10-11H,3-9,14H2,1-2H3. The molecule has 0 bridgehead atoms. The molecular weight excluding hydrogens is 228 g/mol. The van der Waals surface area contributed by atoms with E-state index in [-0.39, 0.29) is 5.60 Å². The van der Waals surface area contributed by atoms with E-state index in [1.54, 1.807) is 6.33 Å². The molecular formula is C13H24N4O. The van der Waals surface area contributed by atoms with Gasteiger partial charge in [-0.15, -0.1) is 0 Å². The van der Waals surface area contributed by atoms with Crippen LogP contribution in [0, 0.1) is 5.92 Å². The van der Waals surface area contributed by atoms with E-state index >= 15 is 0 Å². The van der Waals surface area contributed by atoms with Gasteiger partial charge in [0.15, 0.2) is 5.82 Å². The second-order valence-electron chi connectivity index (χ2n) is 5.64. The molecule has 0 radical (unpaired) electrons. The van der Waals surface area contributed by atoms with Gasteiger partial charge < -0.3 is 10.5 Å². The molecule has 0 unspecified atom stereocenters. The molecule has 0 aromatic carbocycles. The van der Waals surface area contributed by atoms with Gasteiger partial charge in [0.05, 0.1) is 5.60 Å². The van der Waals surface area contributed by atoms with Crippen molar-refractivity contribution in [3.63, 3.8) is 0 Å². The molecule has 0 saturated heterocycles. The number of nitrogens with zero attached hydrogens (tertiary/aromatic N) is 3. The van der Waals surface area contributed by atoms with Gasteiger partial charge in [-0.1, -0.05) is 26.7 Å². The summed E-state index contributed by atoms with van der Waals surface area (Å²) in [6, 6.07) is 0. The van der Waals surface area contributed by atoms with E-state index in [9.17, 15) is 0 Å². The van der Waals surface area contributed by atoms with E-state index in [1.807, 2.05) is 4.68 Å². The molecule has 1 fully saturated rings. The first-order valence-corrected chi connectivity index (χ1v) is 6.86. The number of hydrogen-bond acceptors (Lipinski definition) is 4. The highest BCUT2D eigenvalue weighted by molar-refractivity contribution is 4.90. The first kappa shape index (κ1) is 13.5. The van der Waals surface area contributed by atoms with Crippen LogP contribution in [0.25, 0.3) is 0 Å². The third kappa shape index (κ3) is 3.09. The number of rotatable bonds is 6. The Bertz CT molecular complexity index is 369. The van der Waals surface area contributed by atoms with Gasteiger partial charge in [-0.05, 0) is 18.8 Å². The van der Waals surface area contributed by atoms with Crippen LogP contribution in [0.3, 0.4) is 0 Å². The van der Waals surface area contributed by atoms with Crippen molar-refractivity contribution in [3.05, 3.63) is 12.2 Å². The Morgan fingerprint density at radius 3 is 2.78 bits per heavy atom. The fourth-order valence-electron chi connectivity index (χ4n) is 2.54. The van der Waals surface area contributed by atoms with Crippen LogP contribution in [0.1, 0.15) is 45.4 Å². The zero-order chi connectivity index (χ0) is 13.0. The predicted molar refractivity (Wildman–Crippen MR) is 69.9 cm³/mol. The normalized spacial score (nSPS) is 18.7. The maximum absolute atomic E-state index is 6.06. The van der Waals surface area contributed by atoms with Gasteiger partial charge in [0, 0.05) is 13.1 Å². The van der Waals surface area contributed by atoms with Crippen molar-refractivity contribution in [2.75, 3.05) is 6.54 Å². The second-order valence-corrected chi connectivity index (χ2v) is 5.64. The molecule has 0 aliphatic heterocycles. The summed E-state index contributed by atoms with van der Waals surface area (Å²) in [6.45, 7) is 6.35. The monoisotopic (exact) mass is 252 g/mol. The minimum atomic E-state index is -0.116. The highest BCUT2D eigenvalue weighted by Crippen LogP contribution is 2.32. The number of ether oxygens (including phenoxy) is 1. The minimum Gasteiger partial charge on any atom is -0.366 e. The molecule has 2 N–H and O–H groups in total. The molecule has 0 atom stereocenters. The Labute approximate surface area is 109 Å². The lowest BCUT2D eigenvalue weighted by Gasteiger charge is -2.27. The van der Waals surface area contributed by atoms with Gasteiger partial charge in [-0.25, -0.2) is 9.67 Å². The molecule has 0 spiro atoms. The quantitative estimate of drug-likeness (QED) is 0.837. The molecule has 5 nitrogen and oxygen atoms in total. The number of aromatic nitrogens is 3. The first-order chi connectivity index (χ1) is 8.65. The molecule has 1 aliphatic carbocycles. The van der Waals surface area contributed by atoms with E-state index in [0.29, 0.717) is 19.1 Å². The summed E-state index contributed by atoms with van der Waals surface area (Å²) in [4.78, 5) is 4.28. The Balaban J connectivity index is 1.95. The fraction of sp³-hybridized carbons (Fsp3) is 0.846. The van der Waals surface area contributed by atoms with E-state index in [2.05, 4.69) is 23.9 Å². The predicted octanol–water partition coefficient (Wildman–Crippen LogP) is 1.72. The van der Waals surface area contributed by atoms with Crippen molar-refractivity contribution in [1.82, 2.24) is 14.8 Å². The second kappa shape index (κ2) is 5.80. The lowest BCUT2D eigenvalue weighted by atomic mass is 10.0. The zero-order valence-corrected chi connectivity index (χ0v) is 11.4. The number of hydrogen-bond donors (Lipinski definition) is 1. The van der Waals surface area contributed by atoms with E-state index in [0.717, 1.165) is 25.2 Å². The lowest BCUT2D eigenvalue weighted by Crippen LogP contribution is -2.38. The van der Waals surface area contributed by atoms with Gasteiger partial charge in [-0.2, -0.15) is 5.10 Å². The summed E-state index contributed by atoms with van der Waals surface area (Å²) in [7, 11) is 0. The van der Waals surface area contributed by atoms with Crippen molar-refractivity contribution >= 4 is 0 Å². The summed E-state index contributed by atoms with van der Waals surface area (Å²) in [6.07, 6.45) is 6.18. The van der Waals surface area contributed by atoms with Crippen LogP contribution in [0.5, 0.6) is 0 Å². The molecule has 2 rings (SSSR count). The van der Waals surface area contributed by atoms with Crippen molar-refractivity contribution in [3.8, 4) is 0 Å². The van der Waals surface area contributed by atoms with Crippen molar-refractivity contribution < 1.29 is 4.74 Å². The summed E-state index contributed by atoms with van der Waals surface area (Å²) >= 11 is 0. The SMILES string of the molecule is CC(C)Cn1ncnc1COC1(CN)CCCC1. The third-order valence-corrected chi connectivity index (χ3v) is 3.63. The zero-order valence-electron chi connectivity index (χ0n) is 11.4. The van der Waals surface area contributed by atoms with Crippen LogP contribution in [0.15, 0.2) is 6.33 Å². The van der Waals surface area contributed by atoms with Crippen LogP contribution >= 0.6 is 0 Å². The Morgan fingerprint density at radius 1 is 1.44 bits per heavy atom. The van der Waals surface area contributed by atoms with Gasteiger partial charge in [0.2, 0.25) is 0 Å². The van der Waals surface area contributed by atoms with E-state index < -0.39 is 0 Å². The molecule has 1 saturated carbocycles. The van der Waals surface area contributed by atoms with Crippen molar-refractivity contribution in [2.24, 2.45) is 11.7 Å². The van der Waals surface area contributed by atoms with Crippen LogP contribution in [-0.2, 0) is 17.9 Å². The summed E-state index contributed by atoms with van der Waals surface area (Å²) in [5.41, 5.74) is 5.74. The maximum Gasteiger partial charge on any atom is 0.152 e. The largest absolute Gasteiger partial charge is 0.366 e. The molecule has 102 valence electrons. The average Bonchev–Trinajstić information content (AvgIpc) is 2.95. The van der Waals surface area contributed by atoms with Gasteiger partial charge in [0.1, 0.15) is 12.9 Å². The Kier molecular flexibility index (Phi) is 4.35. The van der Waals surface area contributed by atoms with Gasteiger partial charge >= 0.3 is 0 Å². The molecule has 18 heavy (non-hydrogen) atoms. The first-order valence-electron chi connectivity index (χ1n) is 6.86. The van der Waals surface area contributed by atoms with Crippen molar-refractivity contribution in [2.45, 2.75) is 58.3 Å². The Hall–Kier alpha value is -0.940. The molecule has 1 aliphatic rings. The smallest absolute Gasteiger partial charge is 0.152 e. The summed E-state index contributed by atoms with van der Waals surface area (Å²) in [5.74, 6) is 1.46. The van der Waals surface area contributed by atoms with Gasteiger partial charge in [0.25, 0.3) is 0 Å².